The lowest BCUT2D eigenvalue weighted by molar-refractivity contribution is -0.138. The minimum atomic E-state index is -0.860. The summed E-state index contributed by atoms with van der Waals surface area (Å²) in [5, 5.41) is 13.4. The molecule has 1 atom stereocenters. The van der Waals surface area contributed by atoms with E-state index >= 15 is 0 Å². The van der Waals surface area contributed by atoms with Crippen molar-refractivity contribution in [3.8, 4) is 0 Å². The number of carbonyl (C=O) groups is 1. The molecule has 0 aliphatic rings. The maximum absolute atomic E-state index is 11.4. The number of hydrogen-bond donors (Lipinski definition) is 2. The lowest BCUT2D eigenvalue weighted by Gasteiger charge is -2.19. The Kier molecular flexibility index (Phi) is 4.77. The van der Waals surface area contributed by atoms with Gasteiger partial charge in [-0.15, -0.1) is 11.3 Å². The van der Waals surface area contributed by atoms with E-state index in [0.717, 1.165) is 28.9 Å². The molecule has 0 radical (unpaired) electrons. The maximum Gasteiger partial charge on any atom is 0.326 e. The molecule has 6 heteroatoms. The van der Waals surface area contributed by atoms with Crippen LogP contribution in [0.2, 0.25) is 0 Å². The molecule has 0 aromatic carbocycles. The van der Waals surface area contributed by atoms with Crippen molar-refractivity contribution in [2.45, 2.75) is 46.6 Å². The molecule has 0 bridgehead atoms. The van der Waals surface area contributed by atoms with Crippen LogP contribution in [0.3, 0.4) is 0 Å². The Balaban J connectivity index is 2.49. The number of aryl methyl sites for hydroxylation is 2. The summed E-state index contributed by atoms with van der Waals surface area (Å²) in [6, 6.07) is 1.40. The maximum atomic E-state index is 11.4. The van der Waals surface area contributed by atoms with Gasteiger partial charge in [0.1, 0.15) is 22.5 Å². The highest BCUT2D eigenvalue weighted by Gasteiger charge is 2.23. The molecule has 0 fully saturated rings. The van der Waals surface area contributed by atoms with Gasteiger partial charge < -0.3 is 10.4 Å². The zero-order valence-electron chi connectivity index (χ0n) is 12.8. The molecule has 2 aromatic rings. The first kappa shape index (κ1) is 15.7. The number of carboxylic acids is 1. The van der Waals surface area contributed by atoms with Crippen LogP contribution in [0, 0.1) is 5.92 Å². The number of aliphatic carboxylic acids is 1. The Morgan fingerprint density at radius 3 is 2.57 bits per heavy atom. The molecule has 0 saturated carbocycles. The number of aromatic nitrogens is 2. The molecular weight excluding hydrogens is 286 g/mol. The van der Waals surface area contributed by atoms with Crippen molar-refractivity contribution >= 4 is 33.3 Å². The van der Waals surface area contributed by atoms with Gasteiger partial charge in [0.25, 0.3) is 0 Å². The van der Waals surface area contributed by atoms with Crippen molar-refractivity contribution in [1.29, 1.82) is 0 Å². The SMILES string of the molecule is CCc1nc(N[C@H](C(=O)O)C(C)C)c2cc(CC)sc2n1. The second kappa shape index (κ2) is 6.39. The molecular formula is C15H21N3O2S. The van der Waals surface area contributed by atoms with Crippen LogP contribution in [0.4, 0.5) is 5.82 Å². The highest BCUT2D eigenvalue weighted by Crippen LogP contribution is 2.30. The van der Waals surface area contributed by atoms with Crippen molar-refractivity contribution < 1.29 is 9.90 Å². The summed E-state index contributed by atoms with van der Waals surface area (Å²) < 4.78 is 0. The molecule has 0 spiro atoms. The molecule has 2 rings (SSSR count). The molecule has 5 nitrogen and oxygen atoms in total. The molecule has 2 aromatic heterocycles. The third-order valence-corrected chi connectivity index (χ3v) is 4.55. The molecule has 21 heavy (non-hydrogen) atoms. The Morgan fingerprint density at radius 2 is 2.05 bits per heavy atom. The summed E-state index contributed by atoms with van der Waals surface area (Å²) in [5.41, 5.74) is 0. The summed E-state index contributed by atoms with van der Waals surface area (Å²) in [7, 11) is 0. The second-order valence-electron chi connectivity index (χ2n) is 5.33. The van der Waals surface area contributed by atoms with Gasteiger partial charge >= 0.3 is 5.97 Å². The lowest BCUT2D eigenvalue weighted by atomic mass is 10.0. The topological polar surface area (TPSA) is 75.1 Å². The standard InChI is InChI=1S/C15H21N3O2S/c1-5-9-7-10-13(18-12(8(3)4)15(19)20)16-11(6-2)17-14(10)21-9/h7-8,12H,5-6H2,1-4H3,(H,19,20)(H,16,17,18)/t12-/m0/s1. The van der Waals surface area contributed by atoms with Gasteiger partial charge in [0.2, 0.25) is 0 Å². The summed E-state index contributed by atoms with van der Waals surface area (Å²) >= 11 is 1.65. The van der Waals surface area contributed by atoms with Crippen LogP contribution in [0.1, 0.15) is 38.4 Å². The third-order valence-electron chi connectivity index (χ3n) is 3.38. The third kappa shape index (κ3) is 3.32. The van der Waals surface area contributed by atoms with E-state index in [1.165, 1.54) is 4.88 Å². The molecule has 0 amide bonds. The number of hydrogen-bond acceptors (Lipinski definition) is 5. The number of carboxylic acid groups (broad SMARTS) is 1. The smallest absolute Gasteiger partial charge is 0.326 e. The van der Waals surface area contributed by atoms with E-state index < -0.39 is 12.0 Å². The first-order valence-corrected chi connectivity index (χ1v) is 8.06. The van der Waals surface area contributed by atoms with E-state index in [1.807, 2.05) is 20.8 Å². The van der Waals surface area contributed by atoms with Gasteiger partial charge in [-0.3, -0.25) is 0 Å². The molecule has 0 unspecified atom stereocenters. The van der Waals surface area contributed by atoms with Gasteiger partial charge in [0.05, 0.1) is 5.39 Å². The quantitative estimate of drug-likeness (QED) is 0.856. The van der Waals surface area contributed by atoms with Crippen molar-refractivity contribution in [3.63, 3.8) is 0 Å². The first-order valence-electron chi connectivity index (χ1n) is 7.24. The van der Waals surface area contributed by atoms with E-state index in [0.29, 0.717) is 5.82 Å². The van der Waals surface area contributed by atoms with E-state index in [2.05, 4.69) is 28.3 Å². The Hall–Kier alpha value is -1.69. The van der Waals surface area contributed by atoms with E-state index in [-0.39, 0.29) is 5.92 Å². The minimum absolute atomic E-state index is 0.0260. The Morgan fingerprint density at radius 1 is 1.33 bits per heavy atom. The fourth-order valence-electron chi connectivity index (χ4n) is 2.12. The zero-order chi connectivity index (χ0) is 15.6. The van der Waals surface area contributed by atoms with Crippen molar-refractivity contribution in [3.05, 3.63) is 16.8 Å². The van der Waals surface area contributed by atoms with Gasteiger partial charge in [-0.1, -0.05) is 27.7 Å². The van der Waals surface area contributed by atoms with Crippen LogP contribution in [-0.4, -0.2) is 27.1 Å². The predicted octanol–water partition coefficient (Wildman–Crippen LogP) is 3.34. The minimum Gasteiger partial charge on any atom is -0.480 e. The number of anilines is 1. The highest BCUT2D eigenvalue weighted by atomic mass is 32.1. The van der Waals surface area contributed by atoms with Gasteiger partial charge in [0.15, 0.2) is 0 Å². The highest BCUT2D eigenvalue weighted by molar-refractivity contribution is 7.18. The van der Waals surface area contributed by atoms with Crippen molar-refractivity contribution in [2.24, 2.45) is 5.92 Å². The van der Waals surface area contributed by atoms with Gasteiger partial charge in [0, 0.05) is 11.3 Å². The Bertz CT molecular complexity index is 652. The van der Waals surface area contributed by atoms with Crippen LogP contribution in [0.5, 0.6) is 0 Å². The number of fused-ring (bicyclic) bond motifs is 1. The summed E-state index contributed by atoms with van der Waals surface area (Å²) in [6.07, 6.45) is 1.66. The largest absolute Gasteiger partial charge is 0.480 e. The number of nitrogens with zero attached hydrogens (tertiary/aromatic N) is 2. The second-order valence-corrected chi connectivity index (χ2v) is 6.45. The number of thiophene rings is 1. The molecule has 0 aliphatic carbocycles. The number of rotatable bonds is 6. The monoisotopic (exact) mass is 307 g/mol. The molecule has 2 heterocycles. The zero-order valence-corrected chi connectivity index (χ0v) is 13.6. The average molecular weight is 307 g/mol. The van der Waals surface area contributed by atoms with E-state index in [4.69, 9.17) is 0 Å². The van der Waals surface area contributed by atoms with E-state index in [1.54, 1.807) is 11.3 Å². The summed E-state index contributed by atoms with van der Waals surface area (Å²) in [4.78, 5) is 22.6. The summed E-state index contributed by atoms with van der Waals surface area (Å²) in [5.74, 6) is 0.485. The predicted molar refractivity (Wildman–Crippen MR) is 86.1 cm³/mol. The fraction of sp³-hybridized carbons (Fsp3) is 0.533. The van der Waals surface area contributed by atoms with Crippen molar-refractivity contribution in [2.75, 3.05) is 5.32 Å². The van der Waals surface area contributed by atoms with Crippen LogP contribution < -0.4 is 5.32 Å². The van der Waals surface area contributed by atoms with Gasteiger partial charge in [-0.2, -0.15) is 0 Å². The normalized spacial score (nSPS) is 12.8. The Labute approximate surface area is 128 Å². The molecule has 2 N–H and O–H groups in total. The van der Waals surface area contributed by atoms with Crippen LogP contribution in [0.15, 0.2) is 6.07 Å². The average Bonchev–Trinajstić information content (AvgIpc) is 2.86. The fourth-order valence-corrected chi connectivity index (χ4v) is 3.10. The molecule has 0 saturated heterocycles. The first-order chi connectivity index (χ1) is 9.96. The molecule has 0 aliphatic heterocycles. The van der Waals surface area contributed by atoms with Crippen LogP contribution in [-0.2, 0) is 17.6 Å². The van der Waals surface area contributed by atoms with E-state index in [9.17, 15) is 9.90 Å². The number of nitrogens with one attached hydrogen (secondary N) is 1. The van der Waals surface area contributed by atoms with Crippen LogP contribution >= 0.6 is 11.3 Å². The van der Waals surface area contributed by atoms with Crippen molar-refractivity contribution in [1.82, 2.24) is 9.97 Å². The molecule has 114 valence electrons. The van der Waals surface area contributed by atoms with Crippen LogP contribution in [0.25, 0.3) is 10.2 Å². The van der Waals surface area contributed by atoms with Gasteiger partial charge in [-0.25, -0.2) is 14.8 Å². The summed E-state index contributed by atoms with van der Waals surface area (Å²) in [6.45, 7) is 7.86. The lowest BCUT2D eigenvalue weighted by Crippen LogP contribution is -2.34. The van der Waals surface area contributed by atoms with Gasteiger partial charge in [-0.05, 0) is 18.4 Å².